The van der Waals surface area contributed by atoms with Crippen LogP contribution in [0.25, 0.3) is 27.6 Å². The van der Waals surface area contributed by atoms with Crippen molar-refractivity contribution < 1.29 is 0 Å². The molecule has 0 unspecified atom stereocenters. The number of hydrogen-bond donors (Lipinski definition) is 1. The van der Waals surface area contributed by atoms with Crippen molar-refractivity contribution in [3.05, 3.63) is 78.8 Å². The molecule has 1 N–H and O–H groups in total. The molecule has 3 heterocycles. The van der Waals surface area contributed by atoms with Gasteiger partial charge in [0.05, 0.1) is 22.8 Å². The van der Waals surface area contributed by atoms with Crippen molar-refractivity contribution in [2.24, 2.45) is 0 Å². The predicted octanol–water partition coefficient (Wildman–Crippen LogP) is 4.04. The lowest BCUT2D eigenvalue weighted by atomic mass is 10.1. The molecule has 0 aliphatic rings. The Balaban J connectivity index is 1.51. The second-order valence-corrected chi connectivity index (χ2v) is 7.26. The van der Waals surface area contributed by atoms with Crippen LogP contribution in [0.1, 0.15) is 5.56 Å². The third-order valence-corrected chi connectivity index (χ3v) is 5.06. The molecule has 148 valence electrons. The molecule has 0 aliphatic carbocycles. The fourth-order valence-corrected chi connectivity index (χ4v) is 3.53. The number of nitrogens with zero attached hydrogens (tertiary/aromatic N) is 6. The molecular weight excluding hydrogens is 374 g/mol. The highest BCUT2D eigenvalue weighted by molar-refractivity contribution is 5.88. The summed E-state index contributed by atoms with van der Waals surface area (Å²) >= 11 is 0. The number of nitrogens with one attached hydrogen (secondary N) is 1. The van der Waals surface area contributed by atoms with Crippen LogP contribution in [0.4, 0.5) is 11.6 Å². The summed E-state index contributed by atoms with van der Waals surface area (Å²) in [6.45, 7) is 0.618. The van der Waals surface area contributed by atoms with Gasteiger partial charge in [-0.3, -0.25) is 0 Å². The van der Waals surface area contributed by atoms with E-state index in [4.69, 9.17) is 4.98 Å². The van der Waals surface area contributed by atoms with Crippen LogP contribution in [0.15, 0.2) is 73.2 Å². The van der Waals surface area contributed by atoms with Crippen molar-refractivity contribution >= 4 is 33.6 Å². The van der Waals surface area contributed by atoms with Gasteiger partial charge in [0, 0.05) is 26.0 Å². The number of para-hydroxylation sites is 2. The monoisotopic (exact) mass is 395 g/mol. The van der Waals surface area contributed by atoms with E-state index in [1.165, 1.54) is 0 Å². The zero-order chi connectivity index (χ0) is 20.5. The zero-order valence-electron chi connectivity index (χ0n) is 16.8. The maximum Gasteiger partial charge on any atom is 0.168 e. The first-order chi connectivity index (χ1) is 14.7. The van der Waals surface area contributed by atoms with E-state index in [1.54, 1.807) is 12.5 Å². The van der Waals surface area contributed by atoms with Crippen LogP contribution in [0.3, 0.4) is 0 Å². The van der Waals surface area contributed by atoms with Crippen LogP contribution in [0.5, 0.6) is 0 Å². The van der Waals surface area contributed by atoms with Gasteiger partial charge in [-0.1, -0.05) is 36.4 Å². The van der Waals surface area contributed by atoms with Gasteiger partial charge in [0.2, 0.25) is 0 Å². The van der Waals surface area contributed by atoms with Crippen LogP contribution in [0, 0.1) is 0 Å². The van der Waals surface area contributed by atoms with Crippen LogP contribution in [0.2, 0.25) is 0 Å². The predicted molar refractivity (Wildman–Crippen MR) is 120 cm³/mol. The number of fused-ring (bicyclic) bond motifs is 2. The molecule has 0 radical (unpaired) electrons. The third kappa shape index (κ3) is 3.20. The number of aromatic nitrogens is 5. The van der Waals surface area contributed by atoms with E-state index in [9.17, 15) is 0 Å². The second-order valence-electron chi connectivity index (χ2n) is 7.26. The van der Waals surface area contributed by atoms with Crippen LogP contribution < -0.4 is 10.2 Å². The van der Waals surface area contributed by atoms with Crippen molar-refractivity contribution in [3.63, 3.8) is 0 Å². The summed E-state index contributed by atoms with van der Waals surface area (Å²) in [6, 6.07) is 20.3. The summed E-state index contributed by atoms with van der Waals surface area (Å²) in [7, 11) is 4.00. The van der Waals surface area contributed by atoms with Crippen molar-refractivity contribution in [1.29, 1.82) is 0 Å². The Morgan fingerprint density at radius 2 is 1.73 bits per heavy atom. The first-order valence-electron chi connectivity index (χ1n) is 9.75. The Kier molecular flexibility index (Phi) is 4.48. The highest BCUT2D eigenvalue weighted by atomic mass is 15.3. The Morgan fingerprint density at radius 1 is 0.933 bits per heavy atom. The molecule has 5 aromatic rings. The number of anilines is 2. The largest absolute Gasteiger partial charge is 0.365 e. The topological polar surface area (TPSA) is 71.8 Å². The first-order valence-corrected chi connectivity index (χ1v) is 9.75. The molecular formula is C23H21N7. The minimum Gasteiger partial charge on any atom is -0.365 e. The number of benzene rings is 2. The van der Waals surface area contributed by atoms with E-state index in [2.05, 4.69) is 32.5 Å². The number of pyridine rings is 1. The van der Waals surface area contributed by atoms with Gasteiger partial charge in [0.1, 0.15) is 18.0 Å². The summed E-state index contributed by atoms with van der Waals surface area (Å²) in [6.07, 6.45) is 3.38. The number of rotatable bonds is 5. The Bertz CT molecular complexity index is 1330. The molecule has 0 spiro atoms. The Labute approximate surface area is 174 Å². The lowest BCUT2D eigenvalue weighted by molar-refractivity contribution is 0.895. The summed E-state index contributed by atoms with van der Waals surface area (Å²) in [5.74, 6) is 1.68. The van der Waals surface area contributed by atoms with Gasteiger partial charge >= 0.3 is 0 Å². The van der Waals surface area contributed by atoms with Crippen molar-refractivity contribution in [1.82, 2.24) is 24.7 Å². The van der Waals surface area contributed by atoms with E-state index < -0.39 is 0 Å². The third-order valence-electron chi connectivity index (χ3n) is 5.06. The summed E-state index contributed by atoms with van der Waals surface area (Å²) < 4.78 is 1.83. The molecule has 3 aromatic heterocycles. The molecule has 0 atom stereocenters. The molecule has 5 rings (SSSR count). The van der Waals surface area contributed by atoms with E-state index >= 15 is 0 Å². The highest BCUT2D eigenvalue weighted by Gasteiger charge is 2.12. The van der Waals surface area contributed by atoms with Gasteiger partial charge in [-0.05, 0) is 29.8 Å². The van der Waals surface area contributed by atoms with E-state index in [-0.39, 0.29) is 0 Å². The normalized spacial score (nSPS) is 11.1. The fraction of sp³-hybridized carbons (Fsp3) is 0.130. The van der Waals surface area contributed by atoms with E-state index in [0.29, 0.717) is 6.54 Å². The highest BCUT2D eigenvalue weighted by Crippen LogP contribution is 2.25. The lowest BCUT2D eigenvalue weighted by Crippen LogP contribution is -2.12. The maximum absolute atomic E-state index is 4.74. The molecule has 2 aromatic carbocycles. The lowest BCUT2D eigenvalue weighted by Gasteiger charge is -2.16. The van der Waals surface area contributed by atoms with Gasteiger partial charge in [-0.25, -0.2) is 19.6 Å². The molecule has 0 saturated heterocycles. The van der Waals surface area contributed by atoms with E-state index in [1.807, 2.05) is 72.2 Å². The fourth-order valence-electron chi connectivity index (χ4n) is 3.53. The van der Waals surface area contributed by atoms with Gasteiger partial charge < -0.3 is 10.2 Å². The molecule has 0 saturated carbocycles. The molecule has 0 aliphatic heterocycles. The minimum atomic E-state index is 0.618. The molecule has 0 bridgehead atoms. The van der Waals surface area contributed by atoms with Crippen LogP contribution in [-0.4, -0.2) is 38.8 Å². The van der Waals surface area contributed by atoms with Gasteiger partial charge in [-0.2, -0.15) is 5.10 Å². The van der Waals surface area contributed by atoms with Crippen LogP contribution in [-0.2, 0) is 6.54 Å². The van der Waals surface area contributed by atoms with Gasteiger partial charge in [0.25, 0.3) is 0 Å². The molecule has 7 heteroatoms. The van der Waals surface area contributed by atoms with Crippen molar-refractivity contribution in [3.8, 4) is 5.69 Å². The molecule has 0 fully saturated rings. The smallest absolute Gasteiger partial charge is 0.168 e. The first kappa shape index (κ1) is 18.1. The zero-order valence-corrected chi connectivity index (χ0v) is 16.8. The summed E-state index contributed by atoms with van der Waals surface area (Å²) in [4.78, 5) is 15.7. The maximum atomic E-state index is 4.74. The summed E-state index contributed by atoms with van der Waals surface area (Å²) in [5, 5.41) is 10.0. The van der Waals surface area contributed by atoms with Crippen molar-refractivity contribution in [2.45, 2.75) is 6.54 Å². The van der Waals surface area contributed by atoms with Crippen LogP contribution >= 0.6 is 0 Å². The summed E-state index contributed by atoms with van der Waals surface area (Å²) in [5.41, 5.74) is 3.87. The molecule has 0 amide bonds. The van der Waals surface area contributed by atoms with Gasteiger partial charge in [-0.15, -0.1) is 0 Å². The minimum absolute atomic E-state index is 0.618. The van der Waals surface area contributed by atoms with Gasteiger partial charge in [0.15, 0.2) is 5.65 Å². The number of hydrogen-bond acceptors (Lipinski definition) is 6. The average molecular weight is 395 g/mol. The second kappa shape index (κ2) is 7.44. The molecule has 7 nitrogen and oxygen atoms in total. The quantitative estimate of drug-likeness (QED) is 0.484. The Hall–Kier alpha value is -4.00. The van der Waals surface area contributed by atoms with Crippen molar-refractivity contribution in [2.75, 3.05) is 24.3 Å². The SMILES string of the molecule is CN(C)c1cc(CNc2ncnc3c2cnn3-c2ccccc2)c2ccccc2n1. The van der Waals surface area contributed by atoms with E-state index in [0.717, 1.165) is 44.8 Å². The average Bonchev–Trinajstić information content (AvgIpc) is 3.22. The Morgan fingerprint density at radius 3 is 2.57 bits per heavy atom. The molecule has 30 heavy (non-hydrogen) atoms. The standard InChI is InChI=1S/C23H21N7/c1-29(2)21-12-16(18-10-6-7-11-20(18)28-21)13-24-22-19-14-27-30(23(19)26-15-25-22)17-8-4-3-5-9-17/h3-12,14-15H,13H2,1-2H3,(H,24,25,26).